The summed E-state index contributed by atoms with van der Waals surface area (Å²) in [7, 11) is 5.81. The minimum absolute atomic E-state index is 0.236. The van der Waals surface area contributed by atoms with Crippen LogP contribution in [0.1, 0.15) is 103 Å². The van der Waals surface area contributed by atoms with Gasteiger partial charge in [0, 0.05) is 73.0 Å². The molecular formula is C29H58N2O4. The Hall–Kier alpha value is -0.240. The molecule has 6 heteroatoms. The zero-order valence-corrected chi connectivity index (χ0v) is 23.6. The van der Waals surface area contributed by atoms with Gasteiger partial charge in [-0.25, -0.2) is 0 Å². The fourth-order valence-electron chi connectivity index (χ4n) is 5.46. The number of methoxy groups -OCH3 is 2. The molecule has 0 aliphatic carbocycles. The average molecular weight is 499 g/mol. The van der Waals surface area contributed by atoms with Crippen LogP contribution in [-0.2, 0) is 18.9 Å². The first-order chi connectivity index (χ1) is 17.2. The molecule has 2 aliphatic heterocycles. The lowest BCUT2D eigenvalue weighted by atomic mass is 9.98. The fraction of sp³-hybridized carbons (Fsp3) is 1.00. The predicted molar refractivity (Wildman–Crippen MR) is 145 cm³/mol. The summed E-state index contributed by atoms with van der Waals surface area (Å²) in [6.07, 6.45) is 20.4. The molecule has 0 radical (unpaired) electrons. The van der Waals surface area contributed by atoms with Crippen molar-refractivity contribution < 1.29 is 18.9 Å². The maximum absolute atomic E-state index is 6.72. The van der Waals surface area contributed by atoms with Crippen LogP contribution in [0.3, 0.4) is 0 Å². The molecule has 0 aromatic heterocycles. The molecule has 0 N–H and O–H groups in total. The van der Waals surface area contributed by atoms with E-state index in [1.54, 1.807) is 14.2 Å². The largest absolute Gasteiger partial charge is 0.385 e. The summed E-state index contributed by atoms with van der Waals surface area (Å²) in [6, 6.07) is 0. The van der Waals surface area contributed by atoms with E-state index < -0.39 is 0 Å². The van der Waals surface area contributed by atoms with Crippen molar-refractivity contribution in [2.75, 3.05) is 73.8 Å². The van der Waals surface area contributed by atoms with Gasteiger partial charge in [-0.2, -0.15) is 0 Å². The molecule has 6 nitrogen and oxygen atoms in total. The highest BCUT2D eigenvalue weighted by Crippen LogP contribution is 2.35. The van der Waals surface area contributed by atoms with Gasteiger partial charge in [-0.05, 0) is 32.7 Å². The molecule has 0 amide bonds. The Labute approximate surface area is 217 Å². The summed E-state index contributed by atoms with van der Waals surface area (Å²) >= 11 is 0. The van der Waals surface area contributed by atoms with Crippen molar-refractivity contribution in [1.29, 1.82) is 0 Å². The second-order valence-corrected chi connectivity index (χ2v) is 11.0. The second kappa shape index (κ2) is 19.8. The summed E-state index contributed by atoms with van der Waals surface area (Å²) in [6.45, 7) is 8.23. The van der Waals surface area contributed by atoms with Crippen molar-refractivity contribution in [2.24, 2.45) is 0 Å². The van der Waals surface area contributed by atoms with Gasteiger partial charge in [-0.3, -0.25) is 4.90 Å². The van der Waals surface area contributed by atoms with Crippen molar-refractivity contribution in [3.63, 3.8) is 0 Å². The molecule has 2 aliphatic rings. The van der Waals surface area contributed by atoms with E-state index in [4.69, 9.17) is 18.9 Å². The minimum atomic E-state index is -0.325. The first kappa shape index (κ1) is 31.0. The topological polar surface area (TPSA) is 43.4 Å². The van der Waals surface area contributed by atoms with Crippen molar-refractivity contribution in [3.05, 3.63) is 0 Å². The lowest BCUT2D eigenvalue weighted by molar-refractivity contribution is -0.181. The molecule has 0 aromatic carbocycles. The fourth-order valence-corrected chi connectivity index (χ4v) is 5.46. The molecule has 35 heavy (non-hydrogen) atoms. The van der Waals surface area contributed by atoms with E-state index in [-0.39, 0.29) is 11.9 Å². The Kier molecular flexibility index (Phi) is 17.5. The number of hydrogen-bond donors (Lipinski definition) is 0. The molecule has 2 heterocycles. The van der Waals surface area contributed by atoms with Gasteiger partial charge in [-0.1, -0.05) is 64.2 Å². The first-order valence-corrected chi connectivity index (χ1v) is 14.9. The van der Waals surface area contributed by atoms with Crippen molar-refractivity contribution in [2.45, 2.75) is 115 Å². The minimum Gasteiger partial charge on any atom is -0.385 e. The number of unbranched alkanes of at least 4 members (excludes halogenated alkanes) is 12. The number of nitrogens with zero attached hydrogens (tertiary/aromatic N) is 2. The van der Waals surface area contributed by atoms with Gasteiger partial charge in [-0.15, -0.1) is 0 Å². The summed E-state index contributed by atoms with van der Waals surface area (Å²) in [4.78, 5) is 4.99. The predicted octanol–water partition coefficient (Wildman–Crippen LogP) is 5.88. The smallest absolute Gasteiger partial charge is 0.168 e. The molecule has 0 saturated carbocycles. The quantitative estimate of drug-likeness (QED) is 0.174. The van der Waals surface area contributed by atoms with Crippen LogP contribution in [0.15, 0.2) is 0 Å². The highest BCUT2D eigenvalue weighted by molar-refractivity contribution is 4.83. The van der Waals surface area contributed by atoms with Gasteiger partial charge >= 0.3 is 0 Å². The van der Waals surface area contributed by atoms with Crippen LogP contribution in [0, 0.1) is 0 Å². The van der Waals surface area contributed by atoms with Gasteiger partial charge in [0.2, 0.25) is 0 Å². The molecule has 0 spiro atoms. The van der Waals surface area contributed by atoms with E-state index in [1.165, 1.54) is 89.9 Å². The van der Waals surface area contributed by atoms with E-state index in [0.29, 0.717) is 0 Å². The average Bonchev–Trinajstić information content (AvgIpc) is 3.26. The van der Waals surface area contributed by atoms with Crippen molar-refractivity contribution in [1.82, 2.24) is 9.80 Å². The molecule has 0 aromatic rings. The number of likely N-dealkylation sites (N-methyl/N-ethyl adjacent to an activating group) is 1. The Bertz CT molecular complexity index is 463. The summed E-state index contributed by atoms with van der Waals surface area (Å²) < 4.78 is 23.5. The number of piperazine rings is 1. The third-order valence-corrected chi connectivity index (χ3v) is 7.78. The summed E-state index contributed by atoms with van der Waals surface area (Å²) in [5.74, 6) is -0.325. The van der Waals surface area contributed by atoms with Crippen LogP contribution in [0.4, 0.5) is 0 Å². The third kappa shape index (κ3) is 14.3. The van der Waals surface area contributed by atoms with Crippen LogP contribution in [0.25, 0.3) is 0 Å². The Balaban J connectivity index is 1.66. The van der Waals surface area contributed by atoms with Gasteiger partial charge < -0.3 is 23.8 Å². The van der Waals surface area contributed by atoms with Gasteiger partial charge in [0.25, 0.3) is 0 Å². The molecule has 2 saturated heterocycles. The highest BCUT2D eigenvalue weighted by atomic mass is 16.7. The zero-order chi connectivity index (χ0) is 25.0. The summed E-state index contributed by atoms with van der Waals surface area (Å²) in [5.41, 5.74) is 0. The molecule has 0 bridgehead atoms. The van der Waals surface area contributed by atoms with Crippen LogP contribution in [0.2, 0.25) is 0 Å². The van der Waals surface area contributed by atoms with Crippen LogP contribution < -0.4 is 0 Å². The maximum atomic E-state index is 6.72. The van der Waals surface area contributed by atoms with Crippen LogP contribution in [0.5, 0.6) is 0 Å². The summed E-state index contributed by atoms with van der Waals surface area (Å²) in [5, 5.41) is 0. The SMILES string of the molecule is COCCCCCCCCCC1(CCCCCCCCCOC)OCC(CN2CCN(C)CC2)O1. The maximum Gasteiger partial charge on any atom is 0.168 e. The lowest BCUT2D eigenvalue weighted by Gasteiger charge is -2.34. The Morgan fingerprint density at radius 1 is 0.657 bits per heavy atom. The standard InChI is InChI=1S/C29H58N2O4/c1-30-20-22-31(23-21-30)26-28-27-34-29(35-28,18-14-10-6-4-8-12-16-24-32-2)19-15-11-7-5-9-13-17-25-33-3/h28H,4-27H2,1-3H3. The molecule has 1 unspecified atom stereocenters. The molecule has 1 atom stereocenters. The van der Waals surface area contributed by atoms with Gasteiger partial charge in [0.1, 0.15) is 0 Å². The molecule has 2 fully saturated rings. The molecule has 2 rings (SSSR count). The Morgan fingerprint density at radius 2 is 1.11 bits per heavy atom. The monoisotopic (exact) mass is 498 g/mol. The zero-order valence-electron chi connectivity index (χ0n) is 23.6. The van der Waals surface area contributed by atoms with Crippen LogP contribution >= 0.6 is 0 Å². The lowest BCUT2D eigenvalue weighted by Crippen LogP contribution is -2.47. The third-order valence-electron chi connectivity index (χ3n) is 7.78. The second-order valence-electron chi connectivity index (χ2n) is 11.0. The van der Waals surface area contributed by atoms with Gasteiger partial charge in [0.05, 0.1) is 12.7 Å². The van der Waals surface area contributed by atoms with Crippen LogP contribution in [-0.4, -0.2) is 95.5 Å². The van der Waals surface area contributed by atoms with E-state index in [1.807, 2.05) is 0 Å². The van der Waals surface area contributed by atoms with E-state index >= 15 is 0 Å². The molecular weight excluding hydrogens is 440 g/mol. The highest BCUT2D eigenvalue weighted by Gasteiger charge is 2.41. The molecule has 208 valence electrons. The normalized spacial score (nSPS) is 21.2. The Morgan fingerprint density at radius 3 is 1.60 bits per heavy atom. The van der Waals surface area contributed by atoms with Crippen molar-refractivity contribution >= 4 is 0 Å². The number of hydrogen-bond acceptors (Lipinski definition) is 6. The van der Waals surface area contributed by atoms with E-state index in [2.05, 4.69) is 16.8 Å². The van der Waals surface area contributed by atoms with Gasteiger partial charge in [0.15, 0.2) is 5.79 Å². The van der Waals surface area contributed by atoms with E-state index in [9.17, 15) is 0 Å². The number of ether oxygens (including phenoxy) is 4. The first-order valence-electron chi connectivity index (χ1n) is 14.9. The van der Waals surface area contributed by atoms with Crippen molar-refractivity contribution in [3.8, 4) is 0 Å². The number of rotatable bonds is 22. The van der Waals surface area contributed by atoms with E-state index in [0.717, 1.165) is 65.4 Å².